The van der Waals surface area contributed by atoms with Gasteiger partial charge >= 0.3 is 17.9 Å². The van der Waals surface area contributed by atoms with Crippen LogP contribution in [0.5, 0.6) is 0 Å². The third-order valence-electron chi connectivity index (χ3n) is 13.7. The minimum atomic E-state index is -0.855. The smallest absolute Gasteiger partial charge is 0.306 e. The Morgan fingerprint density at radius 3 is 0.747 bits per heavy atom. The summed E-state index contributed by atoms with van der Waals surface area (Å²) in [5.74, 6) is -1.11. The molecule has 0 aliphatic rings. The second kappa shape index (κ2) is 69.3. The van der Waals surface area contributed by atoms with Crippen LogP contribution in [0.15, 0.2) is 170 Å². The van der Waals surface area contributed by atoms with E-state index in [9.17, 15) is 14.4 Å². The van der Waals surface area contributed by atoms with Gasteiger partial charge < -0.3 is 14.2 Å². The predicted molar refractivity (Wildman–Crippen MR) is 361 cm³/mol. The van der Waals surface area contributed by atoms with Crippen molar-refractivity contribution in [2.45, 2.75) is 284 Å². The normalized spacial score (nSPS) is 13.2. The van der Waals surface area contributed by atoms with Crippen molar-refractivity contribution >= 4 is 17.9 Å². The molecule has 0 radical (unpaired) electrons. The van der Waals surface area contributed by atoms with E-state index in [0.717, 1.165) is 109 Å². The summed E-state index contributed by atoms with van der Waals surface area (Å²) in [7, 11) is 0. The zero-order valence-electron chi connectivity index (χ0n) is 53.4. The van der Waals surface area contributed by atoms with Crippen LogP contribution in [0.3, 0.4) is 0 Å². The lowest BCUT2D eigenvalue weighted by atomic mass is 10.0. The van der Waals surface area contributed by atoms with Crippen LogP contribution >= 0.6 is 0 Å². The van der Waals surface area contributed by atoms with Crippen LogP contribution in [-0.2, 0) is 28.6 Å². The highest BCUT2D eigenvalue weighted by atomic mass is 16.6. The number of hydrogen-bond donors (Lipinski definition) is 0. The fourth-order valence-corrected chi connectivity index (χ4v) is 8.83. The summed E-state index contributed by atoms with van der Waals surface area (Å²) < 4.78 is 16.8. The SMILES string of the molecule is CC/C=C\C/C=C\C/C=C\C/C=C\C/C=C\C/C=C\CCC(=O)OC(COC(=O)CC/C=C\C/C=C\C/C=C\C/C=C\CC)COC(=O)CCCCCCCCCCCCCCCCCCCCCC/C=C\C/C=C\C/C=C\C/C=C\CC. The van der Waals surface area contributed by atoms with Gasteiger partial charge in [-0.3, -0.25) is 14.4 Å². The van der Waals surface area contributed by atoms with Gasteiger partial charge in [-0.1, -0.05) is 306 Å². The van der Waals surface area contributed by atoms with Gasteiger partial charge in [0.15, 0.2) is 6.10 Å². The molecule has 0 N–H and O–H groups in total. The minimum Gasteiger partial charge on any atom is -0.462 e. The standard InChI is InChI=1S/C77H122O6/c1-4-7-10-13-16-19-22-25-27-29-31-32-33-34-35-36-37-38-39-40-41-42-43-44-46-47-49-52-55-58-61-64-67-70-76(79)82-73-74(72-81-75(78)69-66-63-60-57-54-51-24-21-18-15-12-9-6-3)83-77(80)71-68-65-62-59-56-53-50-48-45-30-28-26-23-20-17-14-11-8-5-2/h7-12,16-21,25-28,31-32,45,48,51,53-54,56,60,62-63,65,74H,4-6,13-15,22-24,29-30,33-44,46-47,49-50,52,55,57-59,61,64,66-73H2,1-3H3/b10-7-,11-8-,12-9-,19-16-,20-17-,21-18-,27-25-,28-26-,32-31-,48-45-,54-51-,56-53-,63-60-,65-62-. The van der Waals surface area contributed by atoms with E-state index in [1.54, 1.807) is 0 Å². The maximum Gasteiger partial charge on any atom is 0.306 e. The van der Waals surface area contributed by atoms with E-state index in [-0.39, 0.29) is 38.0 Å². The minimum absolute atomic E-state index is 0.135. The Morgan fingerprint density at radius 1 is 0.241 bits per heavy atom. The lowest BCUT2D eigenvalue weighted by Crippen LogP contribution is -2.30. The molecule has 0 spiro atoms. The monoisotopic (exact) mass is 1140 g/mol. The molecule has 0 bridgehead atoms. The first-order valence-corrected chi connectivity index (χ1v) is 33.6. The van der Waals surface area contributed by atoms with E-state index in [2.05, 4.69) is 167 Å². The molecule has 466 valence electrons. The van der Waals surface area contributed by atoms with Crippen LogP contribution in [0.4, 0.5) is 0 Å². The van der Waals surface area contributed by atoms with Gasteiger partial charge in [0.05, 0.1) is 0 Å². The molecule has 0 aromatic rings. The Bertz CT molecular complexity index is 1890. The lowest BCUT2D eigenvalue weighted by Gasteiger charge is -2.18. The number of ether oxygens (including phenoxy) is 3. The highest BCUT2D eigenvalue weighted by Gasteiger charge is 2.19. The average Bonchev–Trinajstić information content (AvgIpc) is 3.49. The first-order chi connectivity index (χ1) is 41.0. The second-order valence-corrected chi connectivity index (χ2v) is 21.6. The van der Waals surface area contributed by atoms with Crippen molar-refractivity contribution in [2.75, 3.05) is 13.2 Å². The number of hydrogen-bond acceptors (Lipinski definition) is 6. The van der Waals surface area contributed by atoms with Gasteiger partial charge in [-0.15, -0.1) is 0 Å². The highest BCUT2D eigenvalue weighted by molar-refractivity contribution is 5.71. The Kier molecular flexibility index (Phi) is 64.9. The van der Waals surface area contributed by atoms with Crippen LogP contribution in [0, 0.1) is 0 Å². The fourth-order valence-electron chi connectivity index (χ4n) is 8.83. The average molecular weight is 1140 g/mol. The largest absolute Gasteiger partial charge is 0.462 e. The van der Waals surface area contributed by atoms with Crippen molar-refractivity contribution in [3.63, 3.8) is 0 Å². The van der Waals surface area contributed by atoms with Gasteiger partial charge in [0.25, 0.3) is 0 Å². The molecule has 0 saturated heterocycles. The highest BCUT2D eigenvalue weighted by Crippen LogP contribution is 2.16. The van der Waals surface area contributed by atoms with Crippen molar-refractivity contribution in [3.8, 4) is 0 Å². The summed E-state index contributed by atoms with van der Waals surface area (Å²) in [4.78, 5) is 38.2. The van der Waals surface area contributed by atoms with E-state index in [1.807, 2.05) is 24.3 Å². The summed E-state index contributed by atoms with van der Waals surface area (Å²) in [5, 5.41) is 0. The molecule has 6 heteroatoms. The maximum absolute atomic E-state index is 12.9. The Hall–Kier alpha value is -5.23. The van der Waals surface area contributed by atoms with Crippen molar-refractivity contribution in [1.82, 2.24) is 0 Å². The third kappa shape index (κ3) is 67.4. The van der Waals surface area contributed by atoms with Crippen molar-refractivity contribution < 1.29 is 28.6 Å². The molecule has 0 heterocycles. The van der Waals surface area contributed by atoms with Crippen molar-refractivity contribution in [2.24, 2.45) is 0 Å². The molecule has 0 aromatic heterocycles. The zero-order chi connectivity index (χ0) is 59.9. The molecule has 0 fully saturated rings. The van der Waals surface area contributed by atoms with Gasteiger partial charge in [-0.25, -0.2) is 0 Å². The first-order valence-electron chi connectivity index (χ1n) is 33.6. The zero-order valence-corrected chi connectivity index (χ0v) is 53.4. The molecular weight excluding hydrogens is 1020 g/mol. The third-order valence-corrected chi connectivity index (χ3v) is 13.7. The summed E-state index contributed by atoms with van der Waals surface area (Å²) in [6, 6.07) is 0. The van der Waals surface area contributed by atoms with Crippen molar-refractivity contribution in [3.05, 3.63) is 170 Å². The van der Waals surface area contributed by atoms with Crippen LogP contribution in [0.1, 0.15) is 278 Å². The maximum atomic E-state index is 12.9. The molecule has 1 unspecified atom stereocenters. The van der Waals surface area contributed by atoms with E-state index in [4.69, 9.17) is 14.2 Å². The van der Waals surface area contributed by atoms with Crippen LogP contribution in [-0.4, -0.2) is 37.2 Å². The van der Waals surface area contributed by atoms with Crippen LogP contribution in [0.25, 0.3) is 0 Å². The van der Waals surface area contributed by atoms with E-state index in [0.29, 0.717) is 19.3 Å². The summed E-state index contributed by atoms with van der Waals surface area (Å²) >= 11 is 0. The van der Waals surface area contributed by atoms with Crippen LogP contribution < -0.4 is 0 Å². The number of esters is 3. The Labute approximate surface area is 511 Å². The van der Waals surface area contributed by atoms with Crippen molar-refractivity contribution in [1.29, 1.82) is 0 Å². The molecule has 0 aliphatic heterocycles. The quantitative estimate of drug-likeness (QED) is 0.0261. The molecule has 0 amide bonds. The summed E-state index contributed by atoms with van der Waals surface area (Å²) in [6.07, 6.45) is 103. The van der Waals surface area contributed by atoms with Gasteiger partial charge in [-0.05, 0) is 122 Å². The van der Waals surface area contributed by atoms with Gasteiger partial charge in [0, 0.05) is 19.3 Å². The van der Waals surface area contributed by atoms with Gasteiger partial charge in [0.2, 0.25) is 0 Å². The number of carbonyl (C=O) groups excluding carboxylic acids is 3. The van der Waals surface area contributed by atoms with Gasteiger partial charge in [-0.2, -0.15) is 0 Å². The molecule has 0 saturated carbocycles. The molecular formula is C77H122O6. The number of carbonyl (C=O) groups is 3. The second-order valence-electron chi connectivity index (χ2n) is 21.6. The Morgan fingerprint density at radius 2 is 0.458 bits per heavy atom. The number of rotatable bonds is 59. The summed E-state index contributed by atoms with van der Waals surface area (Å²) in [6.45, 7) is 6.17. The van der Waals surface area contributed by atoms with E-state index < -0.39 is 12.1 Å². The van der Waals surface area contributed by atoms with E-state index >= 15 is 0 Å². The number of allylic oxidation sites excluding steroid dienone is 28. The lowest BCUT2D eigenvalue weighted by molar-refractivity contribution is -0.166. The molecule has 0 rings (SSSR count). The Balaban J connectivity index is 4.31. The van der Waals surface area contributed by atoms with Gasteiger partial charge in [0.1, 0.15) is 13.2 Å². The molecule has 0 aromatic carbocycles. The summed E-state index contributed by atoms with van der Waals surface area (Å²) in [5.41, 5.74) is 0. The predicted octanol–water partition coefficient (Wildman–Crippen LogP) is 23.4. The van der Waals surface area contributed by atoms with Crippen LogP contribution in [0.2, 0.25) is 0 Å². The fraction of sp³-hybridized carbons (Fsp3) is 0.597. The molecule has 1 atom stereocenters. The first kappa shape index (κ1) is 77.8. The molecule has 6 nitrogen and oxygen atoms in total. The van der Waals surface area contributed by atoms with E-state index in [1.165, 1.54) is 116 Å². The molecule has 0 aliphatic carbocycles. The molecule has 83 heavy (non-hydrogen) atoms. The topological polar surface area (TPSA) is 78.9 Å². The number of unbranched alkanes of at least 4 members (excludes halogenated alkanes) is 20.